The third-order valence-corrected chi connectivity index (χ3v) is 3.45. The van der Waals surface area contributed by atoms with E-state index >= 15 is 0 Å². The average molecular weight is 261 g/mol. The summed E-state index contributed by atoms with van der Waals surface area (Å²) >= 11 is 0. The second-order valence-electron chi connectivity index (χ2n) is 4.72. The van der Waals surface area contributed by atoms with E-state index in [1.807, 2.05) is 26.3 Å². The van der Waals surface area contributed by atoms with Gasteiger partial charge < -0.3 is 14.8 Å². The normalized spacial score (nSPS) is 18.3. The minimum atomic E-state index is 0.0316. The van der Waals surface area contributed by atoms with Crippen LogP contribution in [0.3, 0.4) is 0 Å². The summed E-state index contributed by atoms with van der Waals surface area (Å²) < 4.78 is 11.4. The van der Waals surface area contributed by atoms with Gasteiger partial charge in [0.2, 0.25) is 0 Å². The maximum Gasteiger partial charge on any atom is 0.102 e. The maximum atomic E-state index is 5.98. The lowest BCUT2D eigenvalue weighted by atomic mass is 9.93. The van der Waals surface area contributed by atoms with Crippen molar-refractivity contribution in [1.29, 1.82) is 0 Å². The summed E-state index contributed by atoms with van der Waals surface area (Å²) in [5.74, 6) is 0. The molecule has 1 aliphatic heterocycles. The van der Waals surface area contributed by atoms with Crippen molar-refractivity contribution in [2.24, 2.45) is 0 Å². The Morgan fingerprint density at radius 1 is 1.32 bits per heavy atom. The molecule has 1 N–H and O–H groups in total. The molecule has 3 nitrogen and oxygen atoms in total. The highest BCUT2D eigenvalue weighted by atomic mass is 16.5. The molecule has 0 radical (unpaired) electrons. The Labute approximate surface area is 115 Å². The van der Waals surface area contributed by atoms with Crippen molar-refractivity contribution >= 4 is 0 Å². The zero-order valence-electron chi connectivity index (χ0n) is 11.8. The van der Waals surface area contributed by atoms with Crippen LogP contribution in [-0.2, 0) is 9.47 Å². The van der Waals surface area contributed by atoms with Crippen LogP contribution >= 0.6 is 0 Å². The molecule has 2 rings (SSSR count). The molecule has 0 aromatic heterocycles. The molecule has 0 aliphatic carbocycles. The van der Waals surface area contributed by atoms with Crippen molar-refractivity contribution in [2.45, 2.75) is 31.9 Å². The van der Waals surface area contributed by atoms with Gasteiger partial charge in [-0.1, -0.05) is 30.3 Å². The lowest BCUT2D eigenvalue weighted by Crippen LogP contribution is -2.36. The number of nitrogens with one attached hydrogen (secondary N) is 1. The summed E-state index contributed by atoms with van der Waals surface area (Å²) in [5.41, 5.74) is 2.49. The number of rotatable bonds is 6. The number of hydrogen-bond donors (Lipinski definition) is 1. The summed E-state index contributed by atoms with van der Waals surface area (Å²) in [6, 6.07) is 10.6. The number of ether oxygens (including phenoxy) is 2. The quantitative estimate of drug-likeness (QED) is 0.853. The molecular formula is C16H23NO2. The zero-order chi connectivity index (χ0) is 13.5. The molecule has 0 saturated heterocycles. The minimum absolute atomic E-state index is 0.0316. The van der Waals surface area contributed by atoms with E-state index in [4.69, 9.17) is 9.47 Å². The molecule has 19 heavy (non-hydrogen) atoms. The van der Waals surface area contributed by atoms with Crippen molar-refractivity contribution < 1.29 is 9.47 Å². The van der Waals surface area contributed by atoms with Crippen molar-refractivity contribution in [1.82, 2.24) is 5.32 Å². The summed E-state index contributed by atoms with van der Waals surface area (Å²) in [7, 11) is 1.98. The molecule has 0 amide bonds. The smallest absolute Gasteiger partial charge is 0.102 e. The van der Waals surface area contributed by atoms with E-state index in [2.05, 4.69) is 29.6 Å². The van der Waals surface area contributed by atoms with Crippen LogP contribution in [0.4, 0.5) is 0 Å². The Hall–Kier alpha value is -1.32. The lowest BCUT2D eigenvalue weighted by Gasteiger charge is -2.30. The van der Waals surface area contributed by atoms with E-state index in [1.54, 1.807) is 0 Å². The van der Waals surface area contributed by atoms with E-state index in [1.165, 1.54) is 11.1 Å². The fourth-order valence-corrected chi connectivity index (χ4v) is 2.55. The van der Waals surface area contributed by atoms with Gasteiger partial charge in [0.05, 0.1) is 18.9 Å². The van der Waals surface area contributed by atoms with Crippen molar-refractivity contribution in [3.63, 3.8) is 0 Å². The van der Waals surface area contributed by atoms with Gasteiger partial charge in [-0.15, -0.1) is 0 Å². The van der Waals surface area contributed by atoms with E-state index in [0.717, 1.165) is 19.4 Å². The van der Waals surface area contributed by atoms with Gasteiger partial charge in [-0.25, -0.2) is 0 Å². The highest BCUT2D eigenvalue weighted by Crippen LogP contribution is 2.29. The molecule has 104 valence electrons. The van der Waals surface area contributed by atoms with Crippen LogP contribution in [0.1, 0.15) is 31.4 Å². The molecule has 0 fully saturated rings. The third kappa shape index (κ3) is 3.58. The number of likely N-dealkylation sites (N-methyl/N-ethyl adjacent to an activating group) is 1. The maximum absolute atomic E-state index is 5.98. The van der Waals surface area contributed by atoms with E-state index in [-0.39, 0.29) is 12.1 Å². The van der Waals surface area contributed by atoms with Gasteiger partial charge in [0.1, 0.15) is 6.10 Å². The molecule has 0 bridgehead atoms. The van der Waals surface area contributed by atoms with Gasteiger partial charge >= 0.3 is 0 Å². The molecule has 1 aliphatic rings. The fourth-order valence-electron chi connectivity index (χ4n) is 2.55. The van der Waals surface area contributed by atoms with Crippen molar-refractivity contribution in [3.8, 4) is 0 Å². The number of benzene rings is 1. The molecule has 3 heteroatoms. The SMILES string of the molecule is CCOC(c1ccccc1)C(NC)C1=COCCC1. The second-order valence-corrected chi connectivity index (χ2v) is 4.72. The van der Waals surface area contributed by atoms with Crippen LogP contribution in [-0.4, -0.2) is 26.3 Å². The molecular weight excluding hydrogens is 238 g/mol. The van der Waals surface area contributed by atoms with Crippen LogP contribution in [0.2, 0.25) is 0 Å². The highest BCUT2D eigenvalue weighted by molar-refractivity contribution is 5.24. The van der Waals surface area contributed by atoms with Crippen LogP contribution in [0.15, 0.2) is 42.2 Å². The van der Waals surface area contributed by atoms with Crippen LogP contribution in [0.25, 0.3) is 0 Å². The molecule has 2 unspecified atom stereocenters. The van der Waals surface area contributed by atoms with E-state index < -0.39 is 0 Å². The molecule has 0 saturated carbocycles. The van der Waals surface area contributed by atoms with Gasteiger partial charge in [0, 0.05) is 6.61 Å². The average Bonchev–Trinajstić information content (AvgIpc) is 2.49. The molecule has 1 heterocycles. The first-order valence-corrected chi connectivity index (χ1v) is 7.01. The Morgan fingerprint density at radius 2 is 2.11 bits per heavy atom. The first kappa shape index (κ1) is 14.1. The summed E-state index contributed by atoms with van der Waals surface area (Å²) in [4.78, 5) is 0. The summed E-state index contributed by atoms with van der Waals surface area (Å²) in [6.07, 6.45) is 4.09. The Morgan fingerprint density at radius 3 is 2.68 bits per heavy atom. The van der Waals surface area contributed by atoms with Crippen LogP contribution in [0.5, 0.6) is 0 Å². The first-order chi connectivity index (χ1) is 9.36. The largest absolute Gasteiger partial charge is 0.501 e. The van der Waals surface area contributed by atoms with Gasteiger partial charge in [0.25, 0.3) is 0 Å². The van der Waals surface area contributed by atoms with Crippen molar-refractivity contribution in [2.75, 3.05) is 20.3 Å². The molecule has 1 aromatic carbocycles. The lowest BCUT2D eigenvalue weighted by molar-refractivity contribution is 0.0408. The van der Waals surface area contributed by atoms with Gasteiger partial charge in [0.15, 0.2) is 0 Å². The monoisotopic (exact) mass is 261 g/mol. The van der Waals surface area contributed by atoms with Gasteiger partial charge in [-0.3, -0.25) is 0 Å². The van der Waals surface area contributed by atoms with Gasteiger partial charge in [-0.05, 0) is 37.9 Å². The highest BCUT2D eigenvalue weighted by Gasteiger charge is 2.26. The van der Waals surface area contributed by atoms with Gasteiger partial charge in [-0.2, -0.15) is 0 Å². The first-order valence-electron chi connectivity index (χ1n) is 7.01. The zero-order valence-corrected chi connectivity index (χ0v) is 11.8. The predicted molar refractivity (Wildman–Crippen MR) is 76.9 cm³/mol. The molecule has 1 aromatic rings. The van der Waals surface area contributed by atoms with Crippen molar-refractivity contribution in [3.05, 3.63) is 47.7 Å². The molecule has 0 spiro atoms. The minimum Gasteiger partial charge on any atom is -0.501 e. The fraction of sp³-hybridized carbons (Fsp3) is 0.500. The van der Waals surface area contributed by atoms with Crippen LogP contribution in [0, 0.1) is 0 Å². The van der Waals surface area contributed by atoms with E-state index in [0.29, 0.717) is 6.61 Å². The predicted octanol–water partition coefficient (Wildman–Crippen LogP) is 3.05. The Kier molecular flexibility index (Phi) is 5.43. The topological polar surface area (TPSA) is 30.5 Å². The summed E-state index contributed by atoms with van der Waals surface area (Å²) in [5, 5.41) is 3.38. The van der Waals surface area contributed by atoms with E-state index in [9.17, 15) is 0 Å². The van der Waals surface area contributed by atoms with Crippen LogP contribution < -0.4 is 5.32 Å². The summed E-state index contributed by atoms with van der Waals surface area (Å²) in [6.45, 7) is 3.56. The third-order valence-electron chi connectivity index (χ3n) is 3.45. The standard InChI is InChI=1S/C16H23NO2/c1-3-19-16(13-8-5-4-6-9-13)15(17-2)14-10-7-11-18-12-14/h4-6,8-9,12,15-17H,3,7,10-11H2,1-2H3. The Bertz CT molecular complexity index is 402. The Balaban J connectivity index is 2.23. The second kappa shape index (κ2) is 7.31. The number of hydrogen-bond acceptors (Lipinski definition) is 3. The molecule has 2 atom stereocenters.